The molecule has 3 aromatic carbocycles. The largest absolute Gasteiger partial charge is 0.493 e. The third-order valence-electron chi connectivity index (χ3n) is 4.82. The Bertz CT molecular complexity index is 1330. The molecule has 1 aliphatic heterocycles. The zero-order valence-corrected chi connectivity index (χ0v) is 22.2. The van der Waals surface area contributed by atoms with Gasteiger partial charge in [0.2, 0.25) is 0 Å². The summed E-state index contributed by atoms with van der Waals surface area (Å²) in [7, 11) is 1.51. The van der Waals surface area contributed by atoms with Gasteiger partial charge < -0.3 is 9.47 Å². The Labute approximate surface area is 223 Å². The normalized spacial score (nSPS) is 14.7. The van der Waals surface area contributed by atoms with Crippen LogP contribution in [-0.4, -0.2) is 18.3 Å². The summed E-state index contributed by atoms with van der Waals surface area (Å²) in [4.78, 5) is 26.8. The van der Waals surface area contributed by atoms with Crippen molar-refractivity contribution in [3.8, 4) is 11.5 Å². The topological polar surface area (TPSA) is 55.8 Å². The van der Waals surface area contributed by atoms with E-state index in [0.717, 1.165) is 22.2 Å². The smallest absolute Gasteiger partial charge is 0.298 e. The lowest BCUT2D eigenvalue weighted by Gasteiger charge is -2.15. The minimum absolute atomic E-state index is 0.195. The van der Waals surface area contributed by atoms with Crippen LogP contribution < -0.4 is 14.4 Å². The van der Waals surface area contributed by atoms with Crippen molar-refractivity contribution in [2.75, 3.05) is 12.0 Å². The van der Waals surface area contributed by atoms with Crippen LogP contribution in [0.15, 0.2) is 64.0 Å². The van der Waals surface area contributed by atoms with Gasteiger partial charge >= 0.3 is 0 Å². The van der Waals surface area contributed by atoms with E-state index in [0.29, 0.717) is 42.3 Å². The van der Waals surface area contributed by atoms with Crippen molar-refractivity contribution in [2.45, 2.75) is 6.61 Å². The van der Waals surface area contributed by atoms with Gasteiger partial charge in [-0.25, -0.2) is 4.90 Å². The minimum atomic E-state index is -0.448. The lowest BCUT2D eigenvalue weighted by molar-refractivity contribution is -0.113. The highest BCUT2D eigenvalue weighted by atomic mass is 79.9. The van der Waals surface area contributed by atoms with Crippen molar-refractivity contribution >= 4 is 85.4 Å². The number of halogens is 4. The maximum Gasteiger partial charge on any atom is 0.298 e. The summed E-state index contributed by atoms with van der Waals surface area (Å²) in [5.41, 5.74) is 1.75. The summed E-state index contributed by atoms with van der Waals surface area (Å²) >= 11 is 22.7. The first-order valence-corrected chi connectivity index (χ1v) is 12.5. The number of rotatable bonds is 6. The maximum atomic E-state index is 13.0. The van der Waals surface area contributed by atoms with Crippen molar-refractivity contribution in [1.82, 2.24) is 0 Å². The molecular formula is C24H15BrCl3NO4S. The predicted molar refractivity (Wildman–Crippen MR) is 141 cm³/mol. The number of nitrogens with zero attached hydrogens (tertiary/aromatic N) is 1. The van der Waals surface area contributed by atoms with E-state index in [1.54, 1.807) is 60.7 Å². The van der Waals surface area contributed by atoms with Crippen molar-refractivity contribution in [1.29, 1.82) is 0 Å². The summed E-state index contributed by atoms with van der Waals surface area (Å²) < 4.78 is 12.1. The molecule has 10 heteroatoms. The number of para-hydroxylation sites is 1. The predicted octanol–water partition coefficient (Wildman–Crippen LogP) is 8.24. The molecule has 34 heavy (non-hydrogen) atoms. The maximum absolute atomic E-state index is 13.0. The zero-order valence-electron chi connectivity index (χ0n) is 17.5. The first kappa shape index (κ1) is 24.9. The fraction of sp³-hybridized carbons (Fsp3) is 0.0833. The highest BCUT2D eigenvalue weighted by molar-refractivity contribution is 9.10. The number of hydrogen-bond donors (Lipinski definition) is 0. The lowest BCUT2D eigenvalue weighted by atomic mass is 10.1. The second-order valence-electron chi connectivity index (χ2n) is 7.03. The van der Waals surface area contributed by atoms with Crippen LogP contribution in [0.2, 0.25) is 15.1 Å². The SMILES string of the molecule is COc1cc(/C=C2\SC(=O)N(c3ccccc3Cl)C2=O)cc(Br)c1OCc1ccc(Cl)cc1Cl. The number of carbonyl (C=O) groups excluding carboxylic acids is 2. The fourth-order valence-electron chi connectivity index (χ4n) is 3.21. The number of methoxy groups -OCH3 is 1. The van der Waals surface area contributed by atoms with Gasteiger partial charge in [-0.15, -0.1) is 0 Å². The van der Waals surface area contributed by atoms with Gasteiger partial charge in [0.1, 0.15) is 6.61 Å². The second-order valence-corrected chi connectivity index (χ2v) is 10.1. The number of anilines is 1. The van der Waals surface area contributed by atoms with E-state index in [1.807, 2.05) is 0 Å². The molecule has 0 aliphatic carbocycles. The van der Waals surface area contributed by atoms with Crippen LogP contribution in [0.3, 0.4) is 0 Å². The molecule has 2 amide bonds. The van der Waals surface area contributed by atoms with Crippen molar-refractivity contribution < 1.29 is 19.1 Å². The Balaban J connectivity index is 1.59. The van der Waals surface area contributed by atoms with Crippen LogP contribution in [0.1, 0.15) is 11.1 Å². The van der Waals surface area contributed by atoms with Crippen LogP contribution >= 0.6 is 62.5 Å². The monoisotopic (exact) mass is 597 g/mol. The van der Waals surface area contributed by atoms with E-state index < -0.39 is 11.1 Å². The quantitative estimate of drug-likeness (QED) is 0.267. The van der Waals surface area contributed by atoms with Crippen molar-refractivity contribution in [2.24, 2.45) is 0 Å². The molecular weight excluding hydrogens is 585 g/mol. The highest BCUT2D eigenvalue weighted by Gasteiger charge is 2.37. The summed E-state index contributed by atoms with van der Waals surface area (Å²) in [5.74, 6) is 0.460. The average molecular weight is 600 g/mol. The second kappa shape index (κ2) is 10.6. The minimum Gasteiger partial charge on any atom is -0.493 e. The van der Waals surface area contributed by atoms with Gasteiger partial charge in [-0.2, -0.15) is 0 Å². The van der Waals surface area contributed by atoms with Gasteiger partial charge in [-0.3, -0.25) is 9.59 Å². The summed E-state index contributed by atoms with van der Waals surface area (Å²) in [5, 5.41) is 0.928. The Kier molecular flexibility index (Phi) is 7.80. The van der Waals surface area contributed by atoms with Crippen LogP contribution in [-0.2, 0) is 11.4 Å². The molecule has 0 unspecified atom stereocenters. The third-order valence-corrected chi connectivity index (χ3v) is 7.19. The van der Waals surface area contributed by atoms with Gasteiger partial charge in [0.25, 0.3) is 11.1 Å². The van der Waals surface area contributed by atoms with Gasteiger partial charge in [0.05, 0.1) is 27.2 Å². The summed E-state index contributed by atoms with van der Waals surface area (Å²) in [6.07, 6.45) is 1.62. The molecule has 0 spiro atoms. The van der Waals surface area contributed by atoms with Gasteiger partial charge in [0, 0.05) is 15.6 Å². The fourth-order valence-corrected chi connectivity index (χ4v) is 5.30. The van der Waals surface area contributed by atoms with E-state index in [1.165, 1.54) is 7.11 Å². The van der Waals surface area contributed by atoms with E-state index >= 15 is 0 Å². The van der Waals surface area contributed by atoms with Gasteiger partial charge in [-0.1, -0.05) is 53.0 Å². The zero-order chi connectivity index (χ0) is 24.4. The van der Waals surface area contributed by atoms with Gasteiger partial charge in [0.15, 0.2) is 11.5 Å². The summed E-state index contributed by atoms with van der Waals surface area (Å²) in [6.45, 7) is 0.195. The molecule has 174 valence electrons. The number of imide groups is 1. The third kappa shape index (κ3) is 5.24. The Hall–Kier alpha value is -2.16. The number of ether oxygens (including phenoxy) is 2. The molecule has 0 N–H and O–H groups in total. The van der Waals surface area contributed by atoms with Crippen molar-refractivity contribution in [3.63, 3.8) is 0 Å². The molecule has 4 rings (SSSR count). The van der Waals surface area contributed by atoms with E-state index in [9.17, 15) is 9.59 Å². The van der Waals surface area contributed by atoms with Gasteiger partial charge in [-0.05, 0) is 75.7 Å². The molecule has 0 bridgehead atoms. The van der Waals surface area contributed by atoms with Crippen LogP contribution in [0, 0.1) is 0 Å². The molecule has 1 aliphatic rings. The summed E-state index contributed by atoms with van der Waals surface area (Å²) in [6, 6.07) is 15.3. The van der Waals surface area contributed by atoms with E-state index in [4.69, 9.17) is 44.3 Å². The molecule has 1 fully saturated rings. The van der Waals surface area contributed by atoms with E-state index in [-0.39, 0.29) is 11.5 Å². The number of amides is 2. The molecule has 0 radical (unpaired) electrons. The Morgan fingerprint density at radius 1 is 1.03 bits per heavy atom. The first-order chi connectivity index (χ1) is 16.3. The molecule has 3 aromatic rings. The number of hydrogen-bond acceptors (Lipinski definition) is 5. The van der Waals surface area contributed by atoms with Crippen molar-refractivity contribution in [3.05, 3.63) is 90.2 Å². The molecule has 1 saturated heterocycles. The Morgan fingerprint density at radius 2 is 1.79 bits per heavy atom. The molecule has 5 nitrogen and oxygen atoms in total. The standard InChI is InChI=1S/C24H15BrCl3NO4S/c1-32-20-9-13(8-16(25)22(20)33-12-14-6-7-15(26)11-18(14)28)10-21-23(30)29(24(31)34-21)19-5-3-2-4-17(19)27/h2-11H,12H2,1H3/b21-10-. The lowest BCUT2D eigenvalue weighted by Crippen LogP contribution is -2.27. The van der Waals surface area contributed by atoms with Crippen LogP contribution in [0.4, 0.5) is 10.5 Å². The molecule has 0 atom stereocenters. The Morgan fingerprint density at radius 3 is 2.50 bits per heavy atom. The first-order valence-electron chi connectivity index (χ1n) is 9.75. The van der Waals surface area contributed by atoms with Crippen LogP contribution in [0.5, 0.6) is 11.5 Å². The molecule has 1 heterocycles. The van der Waals surface area contributed by atoms with E-state index in [2.05, 4.69) is 15.9 Å². The number of thioether (sulfide) groups is 1. The average Bonchev–Trinajstić information content (AvgIpc) is 3.07. The molecule has 0 aromatic heterocycles. The number of benzene rings is 3. The molecule has 0 saturated carbocycles. The highest BCUT2D eigenvalue weighted by Crippen LogP contribution is 2.41. The van der Waals surface area contributed by atoms with Crippen LogP contribution in [0.25, 0.3) is 6.08 Å². The number of carbonyl (C=O) groups is 2.